The van der Waals surface area contributed by atoms with Crippen molar-refractivity contribution in [3.8, 4) is 0 Å². The Labute approximate surface area is 337 Å². The van der Waals surface area contributed by atoms with E-state index in [0.29, 0.717) is 19.3 Å². The lowest BCUT2D eigenvalue weighted by Gasteiger charge is -2.18. The molecule has 0 aromatic rings. The van der Waals surface area contributed by atoms with Crippen LogP contribution in [0.4, 0.5) is 0 Å². The van der Waals surface area contributed by atoms with E-state index in [0.717, 1.165) is 135 Å². The Bertz CT molecular complexity index is 1150. The average Bonchev–Trinajstić information content (AvgIpc) is 3.18. The topological polar surface area (TPSA) is 78.9 Å². The summed E-state index contributed by atoms with van der Waals surface area (Å²) in [6.07, 6.45) is 56.1. The minimum atomic E-state index is -0.786. The molecule has 0 amide bonds. The molecule has 1 atom stereocenters. The first-order valence-corrected chi connectivity index (χ1v) is 21.7. The quantitative estimate of drug-likeness (QED) is 0.0271. The van der Waals surface area contributed by atoms with Gasteiger partial charge in [-0.15, -0.1) is 0 Å². The highest BCUT2D eigenvalue weighted by Crippen LogP contribution is 2.10. The van der Waals surface area contributed by atoms with Gasteiger partial charge in [0.2, 0.25) is 0 Å². The molecule has 55 heavy (non-hydrogen) atoms. The first-order chi connectivity index (χ1) is 27.0. The molecular weight excluding hydrogens is 685 g/mol. The van der Waals surface area contributed by atoms with Gasteiger partial charge in [-0.3, -0.25) is 14.4 Å². The maximum Gasteiger partial charge on any atom is 0.306 e. The summed E-state index contributed by atoms with van der Waals surface area (Å²) in [4.78, 5) is 37.1. The summed E-state index contributed by atoms with van der Waals surface area (Å²) in [5.74, 6) is -0.982. The van der Waals surface area contributed by atoms with E-state index in [-0.39, 0.29) is 31.1 Å². The third-order valence-electron chi connectivity index (χ3n) is 8.60. The van der Waals surface area contributed by atoms with Crippen LogP contribution in [0.3, 0.4) is 0 Å². The van der Waals surface area contributed by atoms with E-state index in [1.165, 1.54) is 0 Å². The van der Waals surface area contributed by atoms with Gasteiger partial charge >= 0.3 is 17.9 Å². The monoisotopic (exact) mass is 763 g/mol. The lowest BCUT2D eigenvalue weighted by atomic mass is 10.1. The number of esters is 3. The Morgan fingerprint density at radius 3 is 1.09 bits per heavy atom. The molecule has 1 unspecified atom stereocenters. The molecule has 6 nitrogen and oxygen atoms in total. The molecule has 0 aliphatic carbocycles. The van der Waals surface area contributed by atoms with Gasteiger partial charge in [0, 0.05) is 19.3 Å². The summed E-state index contributed by atoms with van der Waals surface area (Å²) < 4.78 is 16.4. The SMILES string of the molecule is CC/C=C\C/C=C\C/C=C\C/C=C\C/C=C\C/C=C\C/C=C\C/C=C\CCCCC(=O)OCC(COC(=O)CCCCCCC)OC(=O)CCCCCCC. The highest BCUT2D eigenvalue weighted by atomic mass is 16.6. The van der Waals surface area contributed by atoms with Gasteiger partial charge in [0.25, 0.3) is 0 Å². The largest absolute Gasteiger partial charge is 0.462 e. The Kier molecular flexibility index (Phi) is 40.2. The van der Waals surface area contributed by atoms with Crippen LogP contribution in [0.1, 0.15) is 175 Å². The van der Waals surface area contributed by atoms with Crippen LogP contribution in [-0.4, -0.2) is 37.2 Å². The first-order valence-electron chi connectivity index (χ1n) is 21.7. The normalized spacial score (nSPS) is 13.0. The molecule has 0 spiro atoms. The van der Waals surface area contributed by atoms with Crippen LogP contribution in [0, 0.1) is 0 Å². The van der Waals surface area contributed by atoms with Crippen LogP contribution in [0.25, 0.3) is 0 Å². The van der Waals surface area contributed by atoms with Crippen LogP contribution < -0.4 is 0 Å². The number of carbonyl (C=O) groups excluding carboxylic acids is 3. The summed E-state index contributed by atoms with van der Waals surface area (Å²) in [6, 6.07) is 0. The molecule has 0 aliphatic heterocycles. The van der Waals surface area contributed by atoms with Gasteiger partial charge in [-0.25, -0.2) is 0 Å². The van der Waals surface area contributed by atoms with Gasteiger partial charge in [-0.1, -0.05) is 169 Å². The van der Waals surface area contributed by atoms with Crippen LogP contribution in [0.2, 0.25) is 0 Å². The predicted octanol–water partition coefficient (Wildman–Crippen LogP) is 13.9. The summed E-state index contributed by atoms with van der Waals surface area (Å²) in [7, 11) is 0. The van der Waals surface area contributed by atoms with Crippen molar-refractivity contribution in [2.24, 2.45) is 0 Å². The molecule has 0 aromatic heterocycles. The van der Waals surface area contributed by atoms with Crippen LogP contribution in [0.15, 0.2) is 97.2 Å². The van der Waals surface area contributed by atoms with Crippen molar-refractivity contribution in [3.05, 3.63) is 97.2 Å². The second-order valence-electron chi connectivity index (χ2n) is 13.9. The average molecular weight is 763 g/mol. The van der Waals surface area contributed by atoms with Gasteiger partial charge < -0.3 is 14.2 Å². The lowest BCUT2D eigenvalue weighted by molar-refractivity contribution is -0.167. The smallest absolute Gasteiger partial charge is 0.306 e. The third kappa shape index (κ3) is 41.3. The molecule has 0 rings (SSSR count). The lowest BCUT2D eigenvalue weighted by Crippen LogP contribution is -2.30. The van der Waals surface area contributed by atoms with Crippen molar-refractivity contribution in [1.82, 2.24) is 0 Å². The highest BCUT2D eigenvalue weighted by Gasteiger charge is 2.19. The van der Waals surface area contributed by atoms with Crippen molar-refractivity contribution < 1.29 is 28.6 Å². The number of rotatable bonds is 37. The van der Waals surface area contributed by atoms with Crippen molar-refractivity contribution >= 4 is 17.9 Å². The number of carbonyl (C=O) groups is 3. The summed E-state index contributed by atoms with van der Waals surface area (Å²) in [5, 5.41) is 0. The predicted molar refractivity (Wildman–Crippen MR) is 233 cm³/mol. The van der Waals surface area contributed by atoms with E-state index >= 15 is 0 Å². The van der Waals surface area contributed by atoms with Gasteiger partial charge in [0.15, 0.2) is 6.10 Å². The molecule has 0 N–H and O–H groups in total. The minimum absolute atomic E-state index is 0.0940. The van der Waals surface area contributed by atoms with E-state index in [2.05, 4.69) is 118 Å². The summed E-state index contributed by atoms with van der Waals surface area (Å²) in [6.45, 7) is 6.27. The van der Waals surface area contributed by atoms with Crippen molar-refractivity contribution in [2.45, 2.75) is 181 Å². The maximum absolute atomic E-state index is 12.4. The molecule has 0 heterocycles. The first kappa shape index (κ1) is 51.3. The van der Waals surface area contributed by atoms with Crippen molar-refractivity contribution in [1.29, 1.82) is 0 Å². The fourth-order valence-corrected chi connectivity index (χ4v) is 5.34. The molecule has 0 radical (unpaired) electrons. The second-order valence-corrected chi connectivity index (χ2v) is 13.9. The molecule has 0 saturated heterocycles. The minimum Gasteiger partial charge on any atom is -0.462 e. The molecule has 0 aromatic carbocycles. The molecule has 310 valence electrons. The van der Waals surface area contributed by atoms with Crippen molar-refractivity contribution in [3.63, 3.8) is 0 Å². The fourth-order valence-electron chi connectivity index (χ4n) is 5.34. The zero-order valence-corrected chi connectivity index (χ0v) is 35.1. The van der Waals surface area contributed by atoms with E-state index in [4.69, 9.17) is 14.2 Å². The summed E-state index contributed by atoms with van der Waals surface area (Å²) in [5.41, 5.74) is 0. The molecule has 6 heteroatoms. The highest BCUT2D eigenvalue weighted by molar-refractivity contribution is 5.71. The molecule has 0 aliphatic rings. The van der Waals surface area contributed by atoms with E-state index in [1.54, 1.807) is 0 Å². The van der Waals surface area contributed by atoms with Gasteiger partial charge in [0.1, 0.15) is 13.2 Å². The number of hydrogen-bond donors (Lipinski definition) is 0. The fraction of sp³-hybridized carbons (Fsp3) is 0.612. The van der Waals surface area contributed by atoms with Gasteiger partial charge in [-0.05, 0) is 83.5 Å². The Balaban J connectivity index is 4.12. The number of hydrogen-bond acceptors (Lipinski definition) is 6. The zero-order chi connectivity index (χ0) is 40.1. The number of unbranched alkanes of at least 4 members (excludes halogenated alkanes) is 10. The molecular formula is C49H78O6. The van der Waals surface area contributed by atoms with Crippen LogP contribution >= 0.6 is 0 Å². The van der Waals surface area contributed by atoms with Gasteiger partial charge in [-0.2, -0.15) is 0 Å². The Morgan fingerprint density at radius 1 is 0.382 bits per heavy atom. The van der Waals surface area contributed by atoms with Crippen molar-refractivity contribution in [2.75, 3.05) is 13.2 Å². The Hall–Kier alpha value is -3.67. The van der Waals surface area contributed by atoms with E-state index in [9.17, 15) is 14.4 Å². The summed E-state index contributed by atoms with van der Waals surface area (Å²) >= 11 is 0. The molecule has 0 fully saturated rings. The van der Waals surface area contributed by atoms with Gasteiger partial charge in [0.05, 0.1) is 0 Å². The number of allylic oxidation sites excluding steroid dienone is 16. The Morgan fingerprint density at radius 2 is 0.709 bits per heavy atom. The van der Waals surface area contributed by atoms with E-state index < -0.39 is 6.10 Å². The molecule has 0 saturated carbocycles. The maximum atomic E-state index is 12.4. The zero-order valence-electron chi connectivity index (χ0n) is 35.1. The second kappa shape index (κ2) is 43.1. The van der Waals surface area contributed by atoms with Crippen LogP contribution in [-0.2, 0) is 28.6 Å². The molecule has 0 bridgehead atoms. The van der Waals surface area contributed by atoms with Crippen LogP contribution in [0.5, 0.6) is 0 Å². The third-order valence-corrected chi connectivity index (χ3v) is 8.60. The number of ether oxygens (including phenoxy) is 3. The van der Waals surface area contributed by atoms with E-state index in [1.807, 2.05) is 0 Å². The standard InChI is InChI=1S/C49H78O6/c1-4-7-10-13-14-15-16-17-18-19-20-21-22-23-24-25-26-27-28-29-30-31-32-33-34-37-39-42-48(51)54-45-46(55-49(52)43-40-36-12-9-6-3)44-53-47(50)41-38-35-11-8-5-2/h7,10,14-15,17-18,20-21,23-24,26-27,29-30,32-33,46H,4-6,8-9,11-13,16,19,22,25,28,31,34-45H2,1-3H3/b10-7-,15-14-,18-17-,21-20-,24-23-,27-26-,30-29-,33-32-.